The molecule has 2 N–H and O–H groups in total. The van der Waals surface area contributed by atoms with Crippen molar-refractivity contribution < 1.29 is 9.53 Å². The fourth-order valence-electron chi connectivity index (χ4n) is 0.142. The van der Waals surface area contributed by atoms with E-state index in [-0.39, 0.29) is 0 Å². The summed E-state index contributed by atoms with van der Waals surface area (Å²) in [4.78, 5) is 9.60. The summed E-state index contributed by atoms with van der Waals surface area (Å²) in [7, 11) is 0. The van der Waals surface area contributed by atoms with Crippen molar-refractivity contribution >= 4 is 6.09 Å². The van der Waals surface area contributed by atoms with Gasteiger partial charge in [-0.25, -0.2) is 4.79 Å². The molecule has 0 radical (unpaired) electrons. The summed E-state index contributed by atoms with van der Waals surface area (Å²) in [6, 6.07) is 0. The van der Waals surface area contributed by atoms with Gasteiger partial charge in [-0.1, -0.05) is 24.8 Å². The highest BCUT2D eigenvalue weighted by atomic mass is 16.5. The SMILES string of the molecule is C=CC(=C)C.CCOC(N)=O. The average Bonchev–Trinajstić information content (AvgIpc) is 1.89. The van der Waals surface area contributed by atoms with E-state index >= 15 is 0 Å². The Hall–Kier alpha value is -1.25. The maximum absolute atomic E-state index is 9.60. The van der Waals surface area contributed by atoms with Crippen molar-refractivity contribution in [3.8, 4) is 0 Å². The first-order valence-electron chi connectivity index (χ1n) is 3.24. The number of nitrogens with two attached hydrogens (primary N) is 1. The first kappa shape index (κ1) is 12.4. The van der Waals surface area contributed by atoms with Gasteiger partial charge in [-0.15, -0.1) is 0 Å². The Morgan fingerprint density at radius 3 is 2.09 bits per heavy atom. The quantitative estimate of drug-likeness (QED) is 0.622. The summed E-state index contributed by atoms with van der Waals surface area (Å²) in [5.74, 6) is 0. The Morgan fingerprint density at radius 1 is 1.73 bits per heavy atom. The molecule has 0 atom stereocenters. The van der Waals surface area contributed by atoms with Crippen LogP contribution in [0.5, 0.6) is 0 Å². The maximum Gasteiger partial charge on any atom is 0.404 e. The normalized spacial score (nSPS) is 7.09. The molecule has 0 aliphatic rings. The van der Waals surface area contributed by atoms with E-state index in [1.54, 1.807) is 13.0 Å². The highest BCUT2D eigenvalue weighted by Crippen LogP contribution is 1.81. The fourth-order valence-corrected chi connectivity index (χ4v) is 0.142. The Labute approximate surface area is 67.5 Å². The van der Waals surface area contributed by atoms with Crippen LogP contribution in [0.25, 0.3) is 0 Å². The van der Waals surface area contributed by atoms with E-state index in [0.717, 1.165) is 5.57 Å². The van der Waals surface area contributed by atoms with E-state index < -0.39 is 6.09 Å². The van der Waals surface area contributed by atoms with Crippen molar-refractivity contribution in [2.24, 2.45) is 5.73 Å². The van der Waals surface area contributed by atoms with Crippen molar-refractivity contribution in [3.63, 3.8) is 0 Å². The number of amides is 1. The fraction of sp³-hybridized carbons (Fsp3) is 0.375. The minimum absolute atomic E-state index is 0.356. The molecule has 0 saturated heterocycles. The van der Waals surface area contributed by atoms with Gasteiger partial charge < -0.3 is 10.5 Å². The summed E-state index contributed by atoms with van der Waals surface area (Å²) >= 11 is 0. The number of allylic oxidation sites excluding steroid dienone is 2. The predicted octanol–water partition coefficient (Wildman–Crippen LogP) is 1.85. The molecule has 0 rings (SSSR count). The standard InChI is InChI=1S/C5H8.C3H7NO2/c1-4-5(2)3;1-2-6-3(4)5/h4H,1-2H2,3H3;2H2,1H3,(H2,4,5). The molecule has 0 bridgehead atoms. The monoisotopic (exact) mass is 157 g/mol. The molecular formula is C8H15NO2. The first-order valence-corrected chi connectivity index (χ1v) is 3.24. The van der Waals surface area contributed by atoms with Crippen LogP contribution in [0.3, 0.4) is 0 Å². The van der Waals surface area contributed by atoms with Crippen LogP contribution in [0.1, 0.15) is 13.8 Å². The van der Waals surface area contributed by atoms with E-state index in [1.165, 1.54) is 0 Å². The van der Waals surface area contributed by atoms with Gasteiger partial charge in [-0.2, -0.15) is 0 Å². The summed E-state index contributed by atoms with van der Waals surface area (Å²) in [5, 5.41) is 0. The van der Waals surface area contributed by atoms with Crippen LogP contribution in [0.15, 0.2) is 24.8 Å². The second-order valence-corrected chi connectivity index (χ2v) is 1.80. The minimum atomic E-state index is -0.711. The van der Waals surface area contributed by atoms with Gasteiger partial charge in [0.15, 0.2) is 0 Å². The second-order valence-electron chi connectivity index (χ2n) is 1.80. The number of ether oxygens (including phenoxy) is 1. The van der Waals surface area contributed by atoms with Crippen molar-refractivity contribution in [1.29, 1.82) is 0 Å². The molecular weight excluding hydrogens is 142 g/mol. The first-order chi connectivity index (χ1) is 5.04. The summed E-state index contributed by atoms with van der Waals surface area (Å²) in [6.07, 6.45) is 1.01. The number of carbonyl (C=O) groups is 1. The van der Waals surface area contributed by atoms with E-state index in [4.69, 9.17) is 0 Å². The third-order valence-electron chi connectivity index (χ3n) is 0.635. The van der Waals surface area contributed by atoms with Gasteiger partial charge in [-0.3, -0.25) is 0 Å². The summed E-state index contributed by atoms with van der Waals surface area (Å²) in [6.45, 7) is 11.0. The Balaban J connectivity index is 0. The van der Waals surface area contributed by atoms with Crippen LogP contribution in [-0.4, -0.2) is 12.7 Å². The second kappa shape index (κ2) is 8.75. The van der Waals surface area contributed by atoms with Crippen molar-refractivity contribution in [3.05, 3.63) is 24.8 Å². The lowest BCUT2D eigenvalue weighted by Gasteiger charge is -1.89. The molecule has 0 heterocycles. The topological polar surface area (TPSA) is 52.3 Å². The van der Waals surface area contributed by atoms with Gasteiger partial charge in [0.1, 0.15) is 0 Å². The largest absolute Gasteiger partial charge is 0.450 e. The van der Waals surface area contributed by atoms with E-state index in [2.05, 4.69) is 23.6 Å². The van der Waals surface area contributed by atoms with Crippen LogP contribution in [0.2, 0.25) is 0 Å². The zero-order valence-corrected chi connectivity index (χ0v) is 7.09. The Morgan fingerprint density at radius 2 is 2.09 bits per heavy atom. The molecule has 0 aromatic heterocycles. The molecule has 0 spiro atoms. The zero-order chi connectivity index (χ0) is 9.28. The van der Waals surface area contributed by atoms with Crippen molar-refractivity contribution in [2.75, 3.05) is 6.61 Å². The molecule has 11 heavy (non-hydrogen) atoms. The Kier molecular flexibility index (Phi) is 9.89. The van der Waals surface area contributed by atoms with Crippen molar-refractivity contribution in [2.45, 2.75) is 13.8 Å². The third-order valence-corrected chi connectivity index (χ3v) is 0.635. The molecule has 0 fully saturated rings. The van der Waals surface area contributed by atoms with Gasteiger partial charge in [0.05, 0.1) is 6.61 Å². The summed E-state index contributed by atoms with van der Waals surface area (Å²) in [5.41, 5.74) is 5.56. The lowest BCUT2D eigenvalue weighted by molar-refractivity contribution is 0.163. The number of carbonyl (C=O) groups excluding carboxylic acids is 1. The number of hydrogen-bond donors (Lipinski definition) is 1. The molecule has 3 heteroatoms. The van der Waals surface area contributed by atoms with Crippen LogP contribution in [0.4, 0.5) is 4.79 Å². The number of rotatable bonds is 2. The van der Waals surface area contributed by atoms with Crippen LogP contribution in [-0.2, 0) is 4.74 Å². The molecule has 3 nitrogen and oxygen atoms in total. The smallest absolute Gasteiger partial charge is 0.404 e. The van der Waals surface area contributed by atoms with E-state index in [1.807, 2.05) is 6.92 Å². The molecule has 0 aliphatic heterocycles. The highest BCUT2D eigenvalue weighted by molar-refractivity contribution is 5.64. The average molecular weight is 157 g/mol. The maximum atomic E-state index is 9.60. The van der Waals surface area contributed by atoms with Crippen LogP contribution in [0, 0.1) is 0 Å². The lowest BCUT2D eigenvalue weighted by atomic mass is 10.4. The minimum Gasteiger partial charge on any atom is -0.450 e. The van der Waals surface area contributed by atoms with E-state index in [0.29, 0.717) is 6.61 Å². The predicted molar refractivity (Wildman–Crippen MR) is 46.2 cm³/mol. The van der Waals surface area contributed by atoms with Gasteiger partial charge >= 0.3 is 6.09 Å². The third kappa shape index (κ3) is 28.4. The molecule has 0 aromatic rings. The highest BCUT2D eigenvalue weighted by Gasteiger charge is 1.82. The molecule has 0 saturated carbocycles. The molecule has 0 unspecified atom stereocenters. The van der Waals surface area contributed by atoms with Crippen LogP contribution < -0.4 is 5.73 Å². The lowest BCUT2D eigenvalue weighted by Crippen LogP contribution is -2.11. The van der Waals surface area contributed by atoms with Gasteiger partial charge in [-0.05, 0) is 13.8 Å². The molecule has 0 aromatic carbocycles. The van der Waals surface area contributed by atoms with Gasteiger partial charge in [0.2, 0.25) is 0 Å². The molecule has 64 valence electrons. The van der Waals surface area contributed by atoms with Gasteiger partial charge in [0.25, 0.3) is 0 Å². The number of primary amides is 1. The molecule has 0 aliphatic carbocycles. The number of hydrogen-bond acceptors (Lipinski definition) is 2. The van der Waals surface area contributed by atoms with Crippen LogP contribution >= 0.6 is 0 Å². The summed E-state index contributed by atoms with van der Waals surface area (Å²) < 4.78 is 4.18. The zero-order valence-electron chi connectivity index (χ0n) is 7.09. The molecule has 1 amide bonds. The van der Waals surface area contributed by atoms with Crippen molar-refractivity contribution in [1.82, 2.24) is 0 Å². The van der Waals surface area contributed by atoms with E-state index in [9.17, 15) is 4.79 Å². The Bertz CT molecular complexity index is 141. The van der Waals surface area contributed by atoms with Gasteiger partial charge in [0, 0.05) is 0 Å².